The minimum atomic E-state index is -1.16. The van der Waals surface area contributed by atoms with E-state index in [4.69, 9.17) is 15.2 Å². The molecule has 0 radical (unpaired) electrons. The monoisotopic (exact) mass is 819 g/mol. The van der Waals surface area contributed by atoms with Gasteiger partial charge in [0.1, 0.15) is 11.2 Å². The van der Waals surface area contributed by atoms with Gasteiger partial charge in [-0.25, -0.2) is 4.79 Å². The third kappa shape index (κ3) is 4.54. The van der Waals surface area contributed by atoms with Crippen molar-refractivity contribution < 1.29 is 24.2 Å². The van der Waals surface area contributed by atoms with Crippen molar-refractivity contribution in [3.63, 3.8) is 0 Å². The van der Waals surface area contributed by atoms with Crippen LogP contribution >= 0.6 is 0 Å². The number of allylic oxidation sites excluding steroid dienone is 4. The highest BCUT2D eigenvalue weighted by molar-refractivity contribution is 6.00. The van der Waals surface area contributed by atoms with Crippen LogP contribution in [0.25, 0.3) is 0 Å². The summed E-state index contributed by atoms with van der Waals surface area (Å²) in [7, 11) is 0. The second-order valence-corrected chi connectivity index (χ2v) is 21.5. The molecule has 14 aliphatic rings. The number of aliphatic hydroxyl groups is 1. The normalized spacial score (nSPS) is 42.4. The Morgan fingerprint density at radius 3 is 2.72 bits per heavy atom. The fraction of sp³-hybridized carbons (Fsp3) is 0.585. The number of piperidine rings is 2. The average molecular weight is 820 g/mol. The number of nitrogens with two attached hydrogens (primary N) is 1. The van der Waals surface area contributed by atoms with E-state index in [1.807, 2.05) is 0 Å². The number of nitrogens with zero attached hydrogens (tertiary/aromatic N) is 2. The molecule has 9 heterocycles. The maximum absolute atomic E-state index is 15.9. The molecule has 4 fully saturated rings. The van der Waals surface area contributed by atoms with E-state index in [9.17, 15) is 9.90 Å². The Morgan fingerprint density at radius 1 is 0.967 bits per heavy atom. The lowest BCUT2D eigenvalue weighted by Gasteiger charge is -2.71. The second-order valence-electron chi connectivity index (χ2n) is 21.5. The molecule has 9 aliphatic heterocycles. The van der Waals surface area contributed by atoms with E-state index in [1.54, 1.807) is 11.3 Å². The van der Waals surface area contributed by atoms with Crippen LogP contribution in [0.2, 0.25) is 0 Å². The highest BCUT2D eigenvalue weighted by Gasteiger charge is 2.93. The Balaban J connectivity index is 1.13. The highest BCUT2D eigenvalue weighted by atomic mass is 16.6. The van der Waals surface area contributed by atoms with Crippen LogP contribution in [0.4, 0.5) is 0 Å². The summed E-state index contributed by atoms with van der Waals surface area (Å²) in [5.74, 6) is 1.83. The lowest BCUT2D eigenvalue weighted by atomic mass is 9.29. The third-order valence-corrected chi connectivity index (χ3v) is 18.8. The van der Waals surface area contributed by atoms with Crippen LogP contribution in [0, 0.1) is 46.3 Å². The number of rotatable bonds is 3. The summed E-state index contributed by atoms with van der Waals surface area (Å²) >= 11 is 0. The molecule has 3 spiro atoms. The summed E-state index contributed by atoms with van der Waals surface area (Å²) < 4.78 is 14.0. The lowest BCUT2D eigenvalue weighted by molar-refractivity contribution is -0.276. The number of hydrogen-bond donors (Lipinski definition) is 2. The van der Waals surface area contributed by atoms with Gasteiger partial charge in [-0.2, -0.15) is 0 Å². The number of benzene rings is 2. The average Bonchev–Trinajstić information content (AvgIpc) is 3.71. The molecule has 0 aromatic heterocycles. The van der Waals surface area contributed by atoms with E-state index < -0.39 is 16.4 Å². The highest BCUT2D eigenvalue weighted by Crippen LogP contribution is 2.87. The van der Waals surface area contributed by atoms with E-state index in [2.05, 4.69) is 72.2 Å². The molecule has 61 heavy (non-hydrogen) atoms. The van der Waals surface area contributed by atoms with Crippen LogP contribution in [0.15, 0.2) is 88.0 Å². The molecule has 12 atom stereocenters. The predicted molar refractivity (Wildman–Crippen MR) is 232 cm³/mol. The van der Waals surface area contributed by atoms with E-state index in [0.29, 0.717) is 73.3 Å². The molecule has 3 N–H and O–H groups in total. The fourth-order valence-electron chi connectivity index (χ4n) is 16.9. The van der Waals surface area contributed by atoms with Crippen molar-refractivity contribution in [1.29, 1.82) is 0 Å². The molecule has 16 rings (SSSR count). The van der Waals surface area contributed by atoms with Gasteiger partial charge in [0.2, 0.25) is 0 Å². The van der Waals surface area contributed by atoms with Gasteiger partial charge in [0.05, 0.1) is 11.0 Å². The maximum Gasteiger partial charge on any atom is 0.339 e. The summed E-state index contributed by atoms with van der Waals surface area (Å²) in [5, 5.41) is 12.9. The first-order valence-corrected chi connectivity index (χ1v) is 24.1. The standard InChI is InChI=1S/C53H61N3O5/c1-29-20-35-15-16-41-37-24-33-26-55(28-37)30(2)21-42(57)48-51-18-17-38-40-25-36(44(29)46(38)47(35)56(41)27-33)23-32-10-5-9-31(22-32)8-3-4-14-43(52(40,51)50(59)60-48)53(51)39-13-6-11-34(12-7-19-54)45(39)49(58)61-53/h5-6,9-11,13,22,25,29-30,33,37,41,43-44,46,57H,3-4,7-8,12,14-21,23-24,26-28,54H2,1-2H3/b48-42-/t29-,30-,33+,37-,41+,43-,44-,46+,51+,52-,53+/m0/s1. The Bertz CT molecular complexity index is 2440. The van der Waals surface area contributed by atoms with Crippen LogP contribution in [0.3, 0.4) is 0 Å². The van der Waals surface area contributed by atoms with Gasteiger partial charge in [-0.15, -0.1) is 0 Å². The number of fused-ring (bicyclic) bond motifs is 6. The summed E-state index contributed by atoms with van der Waals surface area (Å²) in [5.41, 5.74) is 15.2. The molecule has 5 aliphatic carbocycles. The first-order valence-electron chi connectivity index (χ1n) is 24.1. The number of aryl methyl sites for hydroxylation is 2. The van der Waals surface area contributed by atoms with Crippen molar-refractivity contribution in [1.82, 2.24) is 9.80 Å². The van der Waals surface area contributed by atoms with Gasteiger partial charge >= 0.3 is 11.9 Å². The molecule has 3 saturated heterocycles. The molecule has 8 heteroatoms. The minimum Gasteiger partial charge on any atom is -0.509 e. The van der Waals surface area contributed by atoms with E-state index >= 15 is 4.79 Å². The number of hydrogen-bond acceptors (Lipinski definition) is 8. The quantitative estimate of drug-likeness (QED) is 0.297. The van der Waals surface area contributed by atoms with Crippen LogP contribution < -0.4 is 5.73 Å². The molecule has 15 bridgehead atoms. The zero-order valence-electron chi connectivity index (χ0n) is 36.0. The van der Waals surface area contributed by atoms with Gasteiger partial charge in [-0.3, -0.25) is 9.69 Å². The third-order valence-electron chi connectivity index (χ3n) is 18.8. The van der Waals surface area contributed by atoms with Crippen molar-refractivity contribution in [2.75, 3.05) is 26.2 Å². The second kappa shape index (κ2) is 13.0. The molecule has 318 valence electrons. The van der Waals surface area contributed by atoms with Gasteiger partial charge in [0, 0.05) is 61.2 Å². The Kier molecular flexibility index (Phi) is 7.95. The maximum atomic E-state index is 15.9. The zero-order chi connectivity index (χ0) is 41.2. The molecule has 8 nitrogen and oxygen atoms in total. The number of esters is 2. The first-order chi connectivity index (χ1) is 29.7. The lowest BCUT2D eigenvalue weighted by Crippen LogP contribution is -2.77. The number of aliphatic hydroxyl groups excluding tert-OH is 1. The topological polar surface area (TPSA) is 105 Å². The summed E-state index contributed by atoms with van der Waals surface area (Å²) in [4.78, 5) is 36.3. The van der Waals surface area contributed by atoms with Crippen LogP contribution in [-0.4, -0.2) is 65.1 Å². The van der Waals surface area contributed by atoms with E-state index in [0.717, 1.165) is 81.3 Å². The van der Waals surface area contributed by atoms with E-state index in [1.165, 1.54) is 41.5 Å². The predicted octanol–water partition coefficient (Wildman–Crippen LogP) is 8.61. The Morgan fingerprint density at radius 2 is 1.84 bits per heavy atom. The molecule has 2 aromatic rings. The Hall–Kier alpha value is -4.14. The van der Waals surface area contributed by atoms with E-state index in [-0.39, 0.29) is 35.6 Å². The van der Waals surface area contributed by atoms with Crippen LogP contribution in [-0.2, 0) is 39.1 Å². The van der Waals surface area contributed by atoms with Gasteiger partial charge in [0.25, 0.3) is 0 Å². The van der Waals surface area contributed by atoms with Crippen molar-refractivity contribution in [3.05, 3.63) is 116 Å². The smallest absolute Gasteiger partial charge is 0.339 e. The number of carbonyl (C=O) groups excluding carboxylic acids is 2. The van der Waals surface area contributed by atoms with Crippen molar-refractivity contribution >= 4 is 11.9 Å². The number of ether oxygens (including phenoxy) is 2. The summed E-state index contributed by atoms with van der Waals surface area (Å²) in [6.07, 6.45) is 14.9. The van der Waals surface area contributed by atoms with Crippen molar-refractivity contribution in [2.24, 2.45) is 52.1 Å². The summed E-state index contributed by atoms with van der Waals surface area (Å²) in [6, 6.07) is 16.1. The zero-order valence-corrected chi connectivity index (χ0v) is 36.0. The molecular weight excluding hydrogens is 759 g/mol. The summed E-state index contributed by atoms with van der Waals surface area (Å²) in [6.45, 7) is 8.45. The minimum absolute atomic E-state index is 0.0617. The Labute approximate surface area is 360 Å². The number of carbonyl (C=O) groups is 2. The molecule has 1 unspecified atom stereocenters. The largest absolute Gasteiger partial charge is 0.509 e. The molecular formula is C53H61N3O5. The van der Waals surface area contributed by atoms with Crippen molar-refractivity contribution in [2.45, 2.75) is 121 Å². The van der Waals surface area contributed by atoms with Gasteiger partial charge in [-0.1, -0.05) is 78.6 Å². The van der Waals surface area contributed by atoms with Gasteiger partial charge < -0.3 is 25.2 Å². The molecule has 0 amide bonds. The van der Waals surface area contributed by atoms with Gasteiger partial charge in [0.15, 0.2) is 11.4 Å². The SMILES string of the molecule is C[C@H]1CC2=C3[C@@H]4C5=C6C=C(Cc7cccc(c7)CCCC[C@H]7[C@]68C(=O)O/C(=C(\O)C[C@H](C)N6C[C@H]9C[C@@H](C6)[C@@H](CC2)N3C9)[C@@]8(CC5)[C@]72OC(=O)c3c(CCCN)cccc32)[C@@H]41. The van der Waals surface area contributed by atoms with Crippen LogP contribution in [0.1, 0.15) is 117 Å². The first kappa shape index (κ1) is 37.4. The fourth-order valence-corrected chi connectivity index (χ4v) is 16.9. The van der Waals surface area contributed by atoms with Gasteiger partial charge in [-0.05, 0) is 136 Å². The van der Waals surface area contributed by atoms with Crippen molar-refractivity contribution in [3.8, 4) is 0 Å². The van der Waals surface area contributed by atoms with Crippen LogP contribution in [0.5, 0.6) is 0 Å². The molecule has 2 aromatic carbocycles. The molecule has 1 saturated carbocycles.